The van der Waals surface area contributed by atoms with Crippen LogP contribution in [0.3, 0.4) is 0 Å². The molecule has 0 saturated carbocycles. The minimum absolute atomic E-state index is 0.941. The first-order chi connectivity index (χ1) is 9.92. The number of rotatable bonds is 2. The largest absolute Gasteiger partial charge is 0.360 e. The maximum atomic E-state index is 4.40. The van der Waals surface area contributed by atoms with Gasteiger partial charge in [0, 0.05) is 29.5 Å². The highest BCUT2D eigenvalue weighted by atomic mass is 15.1. The number of aromatic amines is 2. The van der Waals surface area contributed by atoms with Gasteiger partial charge in [-0.05, 0) is 35.9 Å². The van der Waals surface area contributed by atoms with Gasteiger partial charge in [0.15, 0.2) is 0 Å². The Morgan fingerprint density at radius 3 is 2.75 bits per heavy atom. The third kappa shape index (κ3) is 1.70. The van der Waals surface area contributed by atoms with Crippen LogP contribution in [0.2, 0.25) is 0 Å². The van der Waals surface area contributed by atoms with E-state index in [0.29, 0.717) is 0 Å². The van der Waals surface area contributed by atoms with Crippen molar-refractivity contribution < 1.29 is 0 Å². The molecule has 1 aromatic carbocycles. The van der Waals surface area contributed by atoms with E-state index in [0.717, 1.165) is 33.4 Å². The molecule has 4 heteroatoms. The van der Waals surface area contributed by atoms with E-state index < -0.39 is 0 Å². The minimum atomic E-state index is 0.941. The molecule has 0 aliphatic heterocycles. The van der Waals surface area contributed by atoms with Gasteiger partial charge in [-0.3, -0.25) is 10.1 Å². The van der Waals surface area contributed by atoms with E-state index in [-0.39, 0.29) is 0 Å². The quantitative estimate of drug-likeness (QED) is 0.578. The van der Waals surface area contributed by atoms with Crippen molar-refractivity contribution >= 4 is 10.9 Å². The lowest BCUT2D eigenvalue weighted by Crippen LogP contribution is -1.81. The molecule has 0 atom stereocenters. The van der Waals surface area contributed by atoms with Crippen molar-refractivity contribution in [1.29, 1.82) is 0 Å². The second-order valence-corrected chi connectivity index (χ2v) is 4.66. The monoisotopic (exact) mass is 260 g/mol. The third-order valence-corrected chi connectivity index (χ3v) is 3.41. The Bertz CT molecular complexity index is 845. The van der Waals surface area contributed by atoms with E-state index >= 15 is 0 Å². The molecule has 0 saturated heterocycles. The van der Waals surface area contributed by atoms with Crippen LogP contribution in [-0.2, 0) is 0 Å². The van der Waals surface area contributed by atoms with Crippen LogP contribution in [0.15, 0.2) is 61.1 Å². The number of aromatic nitrogens is 4. The summed E-state index contributed by atoms with van der Waals surface area (Å²) in [5, 5.41) is 8.58. The number of benzene rings is 1. The zero-order valence-electron chi connectivity index (χ0n) is 10.7. The van der Waals surface area contributed by atoms with Gasteiger partial charge in [0.05, 0.1) is 11.2 Å². The van der Waals surface area contributed by atoms with Gasteiger partial charge in [-0.2, -0.15) is 5.10 Å². The summed E-state index contributed by atoms with van der Waals surface area (Å²) >= 11 is 0. The third-order valence-electron chi connectivity index (χ3n) is 3.41. The second-order valence-electron chi connectivity index (χ2n) is 4.66. The number of hydrogen-bond donors (Lipinski definition) is 2. The van der Waals surface area contributed by atoms with Crippen LogP contribution in [0.25, 0.3) is 33.4 Å². The van der Waals surface area contributed by atoms with Crippen molar-refractivity contribution in [1.82, 2.24) is 20.2 Å². The number of nitrogens with zero attached hydrogens (tertiary/aromatic N) is 2. The van der Waals surface area contributed by atoms with E-state index in [9.17, 15) is 0 Å². The fourth-order valence-corrected chi connectivity index (χ4v) is 2.41. The van der Waals surface area contributed by atoms with Crippen LogP contribution < -0.4 is 0 Å². The van der Waals surface area contributed by atoms with Crippen molar-refractivity contribution in [3.8, 4) is 22.5 Å². The summed E-state index contributed by atoms with van der Waals surface area (Å²) in [5.41, 5.74) is 5.23. The van der Waals surface area contributed by atoms with Gasteiger partial charge in [-0.25, -0.2) is 0 Å². The van der Waals surface area contributed by atoms with Crippen LogP contribution in [0.5, 0.6) is 0 Å². The Labute approximate surface area is 115 Å². The molecule has 0 aliphatic carbocycles. The fourth-order valence-electron chi connectivity index (χ4n) is 2.41. The maximum Gasteiger partial charge on any atom is 0.116 e. The average molecular weight is 260 g/mol. The van der Waals surface area contributed by atoms with Gasteiger partial charge < -0.3 is 4.98 Å². The van der Waals surface area contributed by atoms with Crippen molar-refractivity contribution in [3.05, 3.63) is 61.1 Å². The van der Waals surface area contributed by atoms with E-state index in [4.69, 9.17) is 0 Å². The molecule has 2 N–H and O–H groups in total. The number of H-pyrrole nitrogens is 2. The minimum Gasteiger partial charge on any atom is -0.360 e. The summed E-state index contributed by atoms with van der Waals surface area (Å²) in [7, 11) is 0. The van der Waals surface area contributed by atoms with Gasteiger partial charge in [0.2, 0.25) is 0 Å². The summed E-state index contributed by atoms with van der Waals surface area (Å²) < 4.78 is 0. The molecule has 3 aromatic heterocycles. The molecule has 0 unspecified atom stereocenters. The van der Waals surface area contributed by atoms with Crippen molar-refractivity contribution in [3.63, 3.8) is 0 Å². The number of hydrogen-bond acceptors (Lipinski definition) is 2. The fraction of sp³-hybridized carbons (Fsp3) is 0. The Morgan fingerprint density at radius 1 is 0.950 bits per heavy atom. The highest BCUT2D eigenvalue weighted by Gasteiger charge is 2.09. The summed E-state index contributed by atoms with van der Waals surface area (Å²) in [4.78, 5) is 7.37. The van der Waals surface area contributed by atoms with E-state index in [1.165, 1.54) is 0 Å². The van der Waals surface area contributed by atoms with E-state index in [1.807, 2.05) is 30.6 Å². The molecule has 4 aromatic rings. The van der Waals surface area contributed by atoms with Gasteiger partial charge >= 0.3 is 0 Å². The highest BCUT2D eigenvalue weighted by molar-refractivity contribution is 5.94. The van der Waals surface area contributed by atoms with Gasteiger partial charge in [-0.1, -0.05) is 12.1 Å². The molecular weight excluding hydrogens is 248 g/mol. The molecule has 4 nitrogen and oxygen atoms in total. The Morgan fingerprint density at radius 2 is 1.95 bits per heavy atom. The summed E-state index contributed by atoms with van der Waals surface area (Å²) in [6.45, 7) is 0. The van der Waals surface area contributed by atoms with Gasteiger partial charge in [0.25, 0.3) is 0 Å². The SMILES string of the molecule is c1cncc(-c2ccc3[nH]nc(-c4ccc[nH]4)c3c2)c1. The highest BCUT2D eigenvalue weighted by Crippen LogP contribution is 2.29. The lowest BCUT2D eigenvalue weighted by molar-refractivity contribution is 1.12. The Hall–Kier alpha value is -2.88. The van der Waals surface area contributed by atoms with E-state index in [1.54, 1.807) is 6.20 Å². The van der Waals surface area contributed by atoms with Crippen LogP contribution >= 0.6 is 0 Å². The van der Waals surface area contributed by atoms with Crippen LogP contribution in [0.4, 0.5) is 0 Å². The standard InChI is InChI=1S/C16H12N4/c1-3-12(10-17-7-1)11-5-6-14-13(9-11)16(20-19-14)15-4-2-8-18-15/h1-10,18H,(H,19,20). The molecule has 20 heavy (non-hydrogen) atoms. The molecule has 0 spiro atoms. The smallest absolute Gasteiger partial charge is 0.116 e. The molecule has 0 amide bonds. The zero-order chi connectivity index (χ0) is 13.4. The summed E-state index contributed by atoms with van der Waals surface area (Å²) in [5.74, 6) is 0. The van der Waals surface area contributed by atoms with Gasteiger partial charge in [-0.15, -0.1) is 0 Å². The van der Waals surface area contributed by atoms with Crippen molar-refractivity contribution in [2.45, 2.75) is 0 Å². The first kappa shape index (κ1) is 11.0. The van der Waals surface area contributed by atoms with Crippen molar-refractivity contribution in [2.75, 3.05) is 0 Å². The molecule has 0 radical (unpaired) electrons. The average Bonchev–Trinajstić information content (AvgIpc) is 3.16. The molecular formula is C16H12N4. The van der Waals surface area contributed by atoms with E-state index in [2.05, 4.69) is 44.4 Å². The summed E-state index contributed by atoms with van der Waals surface area (Å²) in [6, 6.07) is 14.3. The van der Waals surface area contributed by atoms with Crippen LogP contribution in [-0.4, -0.2) is 20.2 Å². The predicted molar refractivity (Wildman–Crippen MR) is 79.1 cm³/mol. The molecule has 4 rings (SSSR count). The maximum absolute atomic E-state index is 4.40. The lowest BCUT2D eigenvalue weighted by Gasteiger charge is -2.01. The lowest BCUT2D eigenvalue weighted by atomic mass is 10.0. The molecule has 96 valence electrons. The second kappa shape index (κ2) is 4.35. The van der Waals surface area contributed by atoms with Crippen LogP contribution in [0.1, 0.15) is 0 Å². The molecule has 0 bridgehead atoms. The van der Waals surface area contributed by atoms with Crippen LogP contribution in [0, 0.1) is 0 Å². The Kier molecular flexibility index (Phi) is 2.39. The topological polar surface area (TPSA) is 57.4 Å². The predicted octanol–water partition coefficient (Wildman–Crippen LogP) is 3.62. The Balaban J connectivity index is 1.92. The molecule has 0 aliphatic rings. The number of pyridine rings is 1. The first-order valence-corrected chi connectivity index (χ1v) is 6.44. The number of nitrogens with one attached hydrogen (secondary N) is 2. The normalized spacial score (nSPS) is 11.0. The molecule has 3 heterocycles. The zero-order valence-corrected chi connectivity index (χ0v) is 10.7. The first-order valence-electron chi connectivity index (χ1n) is 6.44. The van der Waals surface area contributed by atoms with Gasteiger partial charge in [0.1, 0.15) is 5.69 Å². The number of fused-ring (bicyclic) bond motifs is 1. The molecule has 0 fully saturated rings. The summed E-state index contributed by atoms with van der Waals surface area (Å²) in [6.07, 6.45) is 5.56. The van der Waals surface area contributed by atoms with Crippen molar-refractivity contribution in [2.24, 2.45) is 0 Å².